The Morgan fingerprint density at radius 3 is 0.851 bits per heavy atom. The summed E-state index contributed by atoms with van der Waals surface area (Å²) in [6.07, 6.45) is 68.1. The summed E-state index contributed by atoms with van der Waals surface area (Å²) in [6.45, 7) is 6.60. The monoisotopic (exact) mass is 939 g/mol. The zero-order valence-corrected chi connectivity index (χ0v) is 44.7. The minimum absolute atomic E-state index is 0.0805. The highest BCUT2D eigenvalue weighted by Gasteiger charge is 2.19. The molecule has 1 unspecified atom stereocenters. The maximum absolute atomic E-state index is 12.8. The van der Waals surface area contributed by atoms with E-state index >= 15 is 0 Å². The third-order valence-electron chi connectivity index (χ3n) is 12.8. The first-order chi connectivity index (χ1) is 33.0. The molecule has 6 heteroatoms. The first-order valence-corrected chi connectivity index (χ1v) is 29.1. The van der Waals surface area contributed by atoms with Gasteiger partial charge in [-0.05, 0) is 83.5 Å². The largest absolute Gasteiger partial charge is 0.462 e. The van der Waals surface area contributed by atoms with Crippen LogP contribution in [0.2, 0.25) is 0 Å². The lowest BCUT2D eigenvalue weighted by Gasteiger charge is -2.18. The minimum Gasteiger partial charge on any atom is -0.462 e. The lowest BCUT2D eigenvalue weighted by atomic mass is 10.0. The van der Waals surface area contributed by atoms with Crippen LogP contribution in [0, 0.1) is 0 Å². The summed E-state index contributed by atoms with van der Waals surface area (Å²) in [5.74, 6) is -0.894. The van der Waals surface area contributed by atoms with Gasteiger partial charge in [-0.3, -0.25) is 14.4 Å². The molecule has 0 aromatic rings. The smallest absolute Gasteiger partial charge is 0.306 e. The standard InChI is InChI=1S/C61H110O6/c1-4-7-10-13-16-19-22-25-28-29-30-31-34-36-39-42-45-48-51-54-60(63)66-57-58(67-61(64)55-52-49-46-43-40-37-33-27-24-21-18-15-12-9-6-3)56-65-59(62)53-50-47-44-41-38-35-32-26-23-20-17-14-11-8-5-2/h17-18,20-21,26-27,32-33,58H,4-16,19,22-25,28-31,34-57H2,1-3H3/b20-17-,21-18-,32-26-,33-27-. The number of rotatable bonds is 53. The van der Waals surface area contributed by atoms with E-state index in [4.69, 9.17) is 14.2 Å². The predicted molar refractivity (Wildman–Crippen MR) is 289 cm³/mol. The Hall–Kier alpha value is -2.63. The molecule has 0 N–H and O–H groups in total. The van der Waals surface area contributed by atoms with Gasteiger partial charge in [0.2, 0.25) is 0 Å². The highest BCUT2D eigenvalue weighted by atomic mass is 16.6. The number of unbranched alkanes of at least 4 members (excludes halogenated alkanes) is 34. The van der Waals surface area contributed by atoms with Crippen LogP contribution in [-0.2, 0) is 28.6 Å². The summed E-state index contributed by atoms with van der Waals surface area (Å²) >= 11 is 0. The van der Waals surface area contributed by atoms with Crippen LogP contribution in [0.1, 0.15) is 303 Å². The van der Waals surface area contributed by atoms with Crippen LogP contribution in [-0.4, -0.2) is 37.2 Å². The molecule has 0 saturated carbocycles. The van der Waals surface area contributed by atoms with E-state index < -0.39 is 6.10 Å². The maximum Gasteiger partial charge on any atom is 0.306 e. The van der Waals surface area contributed by atoms with Crippen molar-refractivity contribution >= 4 is 17.9 Å². The fourth-order valence-electron chi connectivity index (χ4n) is 8.39. The van der Waals surface area contributed by atoms with E-state index in [0.717, 1.165) is 103 Å². The van der Waals surface area contributed by atoms with Crippen LogP contribution >= 0.6 is 0 Å². The molecule has 0 heterocycles. The second-order valence-corrected chi connectivity index (χ2v) is 19.6. The molecule has 6 nitrogen and oxygen atoms in total. The predicted octanol–water partition coefficient (Wildman–Crippen LogP) is 19.4. The van der Waals surface area contributed by atoms with Crippen LogP contribution in [0.15, 0.2) is 48.6 Å². The number of esters is 3. The van der Waals surface area contributed by atoms with Crippen LogP contribution in [0.25, 0.3) is 0 Å². The van der Waals surface area contributed by atoms with Crippen molar-refractivity contribution in [2.75, 3.05) is 13.2 Å². The van der Waals surface area contributed by atoms with Crippen LogP contribution in [0.4, 0.5) is 0 Å². The fourth-order valence-corrected chi connectivity index (χ4v) is 8.39. The van der Waals surface area contributed by atoms with Crippen molar-refractivity contribution in [3.63, 3.8) is 0 Å². The van der Waals surface area contributed by atoms with E-state index in [0.29, 0.717) is 19.3 Å². The molecule has 0 amide bonds. The van der Waals surface area contributed by atoms with Crippen molar-refractivity contribution in [1.82, 2.24) is 0 Å². The molecule has 1 atom stereocenters. The summed E-state index contributed by atoms with van der Waals surface area (Å²) in [6, 6.07) is 0. The summed E-state index contributed by atoms with van der Waals surface area (Å²) < 4.78 is 16.9. The molecular weight excluding hydrogens is 829 g/mol. The first kappa shape index (κ1) is 64.4. The summed E-state index contributed by atoms with van der Waals surface area (Å²) in [5.41, 5.74) is 0. The third-order valence-corrected chi connectivity index (χ3v) is 12.8. The summed E-state index contributed by atoms with van der Waals surface area (Å²) in [4.78, 5) is 38.1. The van der Waals surface area contributed by atoms with Gasteiger partial charge >= 0.3 is 17.9 Å². The van der Waals surface area contributed by atoms with Crippen molar-refractivity contribution in [1.29, 1.82) is 0 Å². The summed E-state index contributed by atoms with van der Waals surface area (Å²) in [5, 5.41) is 0. The Balaban J connectivity index is 4.36. The number of allylic oxidation sites excluding steroid dienone is 8. The zero-order valence-electron chi connectivity index (χ0n) is 44.7. The molecule has 0 saturated heterocycles. The zero-order chi connectivity index (χ0) is 48.6. The molecule has 0 bridgehead atoms. The Labute approximate surface area is 416 Å². The Morgan fingerprint density at radius 1 is 0.299 bits per heavy atom. The van der Waals surface area contributed by atoms with Crippen molar-refractivity contribution in [3.05, 3.63) is 48.6 Å². The lowest BCUT2D eigenvalue weighted by molar-refractivity contribution is -0.167. The van der Waals surface area contributed by atoms with Gasteiger partial charge < -0.3 is 14.2 Å². The second-order valence-electron chi connectivity index (χ2n) is 19.6. The highest BCUT2D eigenvalue weighted by molar-refractivity contribution is 5.71. The molecule has 67 heavy (non-hydrogen) atoms. The summed E-state index contributed by atoms with van der Waals surface area (Å²) in [7, 11) is 0. The van der Waals surface area contributed by atoms with E-state index in [1.165, 1.54) is 161 Å². The molecule has 0 radical (unpaired) electrons. The molecule has 0 aliphatic carbocycles. The van der Waals surface area contributed by atoms with Gasteiger partial charge in [0.15, 0.2) is 6.10 Å². The Bertz CT molecular complexity index is 1170. The number of carbonyl (C=O) groups excluding carboxylic acids is 3. The number of carbonyl (C=O) groups is 3. The van der Waals surface area contributed by atoms with Crippen LogP contribution < -0.4 is 0 Å². The van der Waals surface area contributed by atoms with E-state index in [2.05, 4.69) is 69.4 Å². The van der Waals surface area contributed by atoms with Crippen LogP contribution in [0.5, 0.6) is 0 Å². The molecule has 0 aliphatic heterocycles. The second kappa shape index (κ2) is 56.0. The molecule has 0 fully saturated rings. The minimum atomic E-state index is -0.784. The molecule has 0 aromatic carbocycles. The normalized spacial score (nSPS) is 12.3. The van der Waals surface area contributed by atoms with E-state index in [-0.39, 0.29) is 31.1 Å². The SMILES string of the molecule is CCCCC/C=C\C/C=C\CCCCCCCC(=O)OCC(COC(=O)CCCCCCCCCCCCCCCCCCCCC)OC(=O)CCCCCCC/C=C\C/C=C\CCCCC. The highest BCUT2D eigenvalue weighted by Crippen LogP contribution is 2.16. The Morgan fingerprint density at radius 2 is 0.537 bits per heavy atom. The average molecular weight is 940 g/mol. The van der Waals surface area contributed by atoms with Gasteiger partial charge in [-0.1, -0.05) is 249 Å². The molecule has 0 spiro atoms. The van der Waals surface area contributed by atoms with Gasteiger partial charge in [0, 0.05) is 19.3 Å². The third kappa shape index (κ3) is 54.2. The first-order valence-electron chi connectivity index (χ1n) is 29.1. The van der Waals surface area contributed by atoms with Gasteiger partial charge in [0.05, 0.1) is 0 Å². The van der Waals surface area contributed by atoms with Crippen molar-refractivity contribution in [3.8, 4) is 0 Å². The van der Waals surface area contributed by atoms with Crippen molar-refractivity contribution in [2.24, 2.45) is 0 Å². The van der Waals surface area contributed by atoms with Crippen molar-refractivity contribution < 1.29 is 28.6 Å². The van der Waals surface area contributed by atoms with Gasteiger partial charge in [-0.15, -0.1) is 0 Å². The van der Waals surface area contributed by atoms with Crippen LogP contribution in [0.3, 0.4) is 0 Å². The number of ether oxygens (including phenoxy) is 3. The van der Waals surface area contributed by atoms with Gasteiger partial charge in [0.1, 0.15) is 13.2 Å². The quantitative estimate of drug-likeness (QED) is 0.0262. The van der Waals surface area contributed by atoms with E-state index in [1.54, 1.807) is 0 Å². The molecule has 0 rings (SSSR count). The average Bonchev–Trinajstić information content (AvgIpc) is 3.33. The maximum atomic E-state index is 12.8. The van der Waals surface area contributed by atoms with E-state index in [9.17, 15) is 14.4 Å². The lowest BCUT2D eigenvalue weighted by Crippen LogP contribution is -2.30. The molecule has 0 aromatic heterocycles. The molecule has 390 valence electrons. The molecular formula is C61H110O6. The van der Waals surface area contributed by atoms with Gasteiger partial charge in [-0.25, -0.2) is 0 Å². The Kier molecular flexibility index (Phi) is 53.8. The van der Waals surface area contributed by atoms with Gasteiger partial charge in [-0.2, -0.15) is 0 Å². The number of hydrogen-bond acceptors (Lipinski definition) is 6. The van der Waals surface area contributed by atoms with Gasteiger partial charge in [0.25, 0.3) is 0 Å². The topological polar surface area (TPSA) is 78.9 Å². The molecule has 0 aliphatic rings. The van der Waals surface area contributed by atoms with Crippen molar-refractivity contribution in [2.45, 2.75) is 309 Å². The number of hydrogen-bond donors (Lipinski definition) is 0. The fraction of sp³-hybridized carbons (Fsp3) is 0.820. The van der Waals surface area contributed by atoms with E-state index in [1.807, 2.05) is 0 Å².